The molecule has 0 saturated carbocycles. The summed E-state index contributed by atoms with van der Waals surface area (Å²) in [7, 11) is 0. The molecule has 0 spiro atoms. The number of urea groups is 1. The van der Waals surface area contributed by atoms with Crippen molar-refractivity contribution in [2.75, 3.05) is 26.2 Å². The van der Waals surface area contributed by atoms with E-state index in [1.54, 1.807) is 11.3 Å². The summed E-state index contributed by atoms with van der Waals surface area (Å²) in [5.41, 5.74) is 2.57. The second-order valence-electron chi connectivity index (χ2n) is 6.60. The first-order valence-electron chi connectivity index (χ1n) is 8.58. The number of likely N-dealkylation sites (tertiary alicyclic amines) is 1. The van der Waals surface area contributed by atoms with Gasteiger partial charge in [0.05, 0.1) is 11.7 Å². The van der Waals surface area contributed by atoms with Crippen molar-refractivity contribution in [2.45, 2.75) is 32.0 Å². The minimum atomic E-state index is 0.0659. The zero-order valence-electron chi connectivity index (χ0n) is 13.7. The van der Waals surface area contributed by atoms with Crippen molar-refractivity contribution in [1.29, 1.82) is 0 Å². The Morgan fingerprint density at radius 2 is 2.21 bits per heavy atom. The van der Waals surface area contributed by atoms with E-state index in [9.17, 15) is 4.79 Å². The zero-order valence-corrected chi connectivity index (χ0v) is 14.5. The van der Waals surface area contributed by atoms with Crippen LogP contribution in [0.4, 0.5) is 4.79 Å². The molecule has 2 aromatic rings. The Kier molecular flexibility index (Phi) is 4.53. The monoisotopic (exact) mass is 345 g/mol. The van der Waals surface area contributed by atoms with E-state index < -0.39 is 0 Å². The molecule has 128 valence electrons. The third-order valence-electron chi connectivity index (χ3n) is 4.82. The third kappa shape index (κ3) is 3.32. The molecule has 7 heteroatoms. The Morgan fingerprint density at radius 3 is 3.00 bits per heavy atom. The SMILES string of the molecule is O=C(NC[C@@H]1CN(Cc2ccsc2)Cc2ccnn21)N1CCCC1. The van der Waals surface area contributed by atoms with Crippen molar-refractivity contribution >= 4 is 17.4 Å². The van der Waals surface area contributed by atoms with E-state index in [0.29, 0.717) is 6.54 Å². The summed E-state index contributed by atoms with van der Waals surface area (Å²) in [5, 5.41) is 11.9. The molecular weight excluding hydrogens is 322 g/mol. The molecule has 0 radical (unpaired) electrons. The van der Waals surface area contributed by atoms with Crippen LogP contribution in [0.5, 0.6) is 0 Å². The van der Waals surface area contributed by atoms with Crippen LogP contribution >= 0.6 is 11.3 Å². The quantitative estimate of drug-likeness (QED) is 0.925. The van der Waals surface area contributed by atoms with Crippen LogP contribution in [0.15, 0.2) is 29.1 Å². The lowest BCUT2D eigenvalue weighted by Crippen LogP contribution is -2.45. The van der Waals surface area contributed by atoms with Crippen molar-refractivity contribution < 1.29 is 4.79 Å². The van der Waals surface area contributed by atoms with Gasteiger partial charge in [-0.05, 0) is 41.3 Å². The second-order valence-corrected chi connectivity index (χ2v) is 7.38. The number of aromatic nitrogens is 2. The second kappa shape index (κ2) is 6.94. The highest BCUT2D eigenvalue weighted by atomic mass is 32.1. The van der Waals surface area contributed by atoms with Crippen LogP contribution in [-0.4, -0.2) is 51.8 Å². The van der Waals surface area contributed by atoms with Gasteiger partial charge in [0.15, 0.2) is 0 Å². The highest BCUT2D eigenvalue weighted by molar-refractivity contribution is 7.07. The van der Waals surface area contributed by atoms with Crippen molar-refractivity contribution in [3.05, 3.63) is 40.3 Å². The summed E-state index contributed by atoms with van der Waals surface area (Å²) < 4.78 is 2.08. The minimum Gasteiger partial charge on any atom is -0.336 e. The molecule has 2 aliphatic heterocycles. The van der Waals surface area contributed by atoms with E-state index in [-0.39, 0.29) is 12.1 Å². The number of thiophene rings is 1. The fourth-order valence-corrected chi connectivity index (χ4v) is 4.27. The van der Waals surface area contributed by atoms with Crippen molar-refractivity contribution in [3.8, 4) is 0 Å². The van der Waals surface area contributed by atoms with E-state index in [2.05, 4.69) is 42.9 Å². The number of carbonyl (C=O) groups excluding carboxylic acids is 1. The van der Waals surface area contributed by atoms with Gasteiger partial charge >= 0.3 is 6.03 Å². The van der Waals surface area contributed by atoms with Crippen LogP contribution in [0.25, 0.3) is 0 Å². The molecule has 0 unspecified atom stereocenters. The molecule has 1 atom stereocenters. The smallest absolute Gasteiger partial charge is 0.317 e. The molecular formula is C17H23N5OS. The average molecular weight is 345 g/mol. The molecule has 0 aliphatic carbocycles. The number of nitrogens with one attached hydrogen (secondary N) is 1. The van der Waals surface area contributed by atoms with Crippen molar-refractivity contribution in [1.82, 2.24) is 24.9 Å². The minimum absolute atomic E-state index is 0.0659. The predicted octanol–water partition coefficient (Wildman–Crippen LogP) is 2.31. The normalized spacial score (nSPS) is 21.0. The van der Waals surface area contributed by atoms with Crippen LogP contribution in [0, 0.1) is 0 Å². The molecule has 2 aromatic heterocycles. The summed E-state index contributed by atoms with van der Waals surface area (Å²) >= 11 is 1.74. The third-order valence-corrected chi connectivity index (χ3v) is 5.55. The fourth-order valence-electron chi connectivity index (χ4n) is 3.61. The Bertz CT molecular complexity index is 677. The van der Waals surface area contributed by atoms with Crippen LogP contribution < -0.4 is 5.32 Å². The van der Waals surface area contributed by atoms with Gasteiger partial charge < -0.3 is 10.2 Å². The largest absolute Gasteiger partial charge is 0.336 e. The van der Waals surface area contributed by atoms with Crippen LogP contribution in [0.2, 0.25) is 0 Å². The first kappa shape index (κ1) is 15.7. The van der Waals surface area contributed by atoms with E-state index >= 15 is 0 Å². The van der Waals surface area contributed by atoms with Gasteiger partial charge in [0.2, 0.25) is 0 Å². The van der Waals surface area contributed by atoms with Gasteiger partial charge in [-0.15, -0.1) is 0 Å². The maximum absolute atomic E-state index is 12.2. The molecule has 24 heavy (non-hydrogen) atoms. The maximum Gasteiger partial charge on any atom is 0.317 e. The van der Waals surface area contributed by atoms with Gasteiger partial charge in [0.25, 0.3) is 0 Å². The Morgan fingerprint density at radius 1 is 1.33 bits per heavy atom. The Hall–Kier alpha value is -1.86. The Balaban J connectivity index is 1.40. The van der Waals surface area contributed by atoms with E-state index in [4.69, 9.17) is 0 Å². The molecule has 2 amide bonds. The highest BCUT2D eigenvalue weighted by Crippen LogP contribution is 2.22. The first-order chi connectivity index (χ1) is 11.8. The average Bonchev–Trinajstić information content (AvgIpc) is 3.32. The predicted molar refractivity (Wildman–Crippen MR) is 93.9 cm³/mol. The number of amides is 2. The Labute approximate surface area is 146 Å². The summed E-state index contributed by atoms with van der Waals surface area (Å²) in [4.78, 5) is 16.6. The molecule has 1 saturated heterocycles. The molecule has 2 aliphatic rings. The number of hydrogen-bond donors (Lipinski definition) is 1. The van der Waals surface area contributed by atoms with Gasteiger partial charge in [-0.1, -0.05) is 0 Å². The summed E-state index contributed by atoms with van der Waals surface area (Å²) in [6.45, 7) is 5.16. The van der Waals surface area contributed by atoms with Crippen LogP contribution in [0.3, 0.4) is 0 Å². The fraction of sp³-hybridized carbons (Fsp3) is 0.529. The lowest BCUT2D eigenvalue weighted by molar-refractivity contribution is 0.161. The zero-order chi connectivity index (χ0) is 16.4. The number of carbonyl (C=O) groups is 1. The number of fused-ring (bicyclic) bond motifs is 1. The van der Waals surface area contributed by atoms with Crippen molar-refractivity contribution in [2.24, 2.45) is 0 Å². The van der Waals surface area contributed by atoms with E-state index in [1.807, 2.05) is 11.1 Å². The molecule has 4 rings (SSSR count). The van der Waals surface area contributed by atoms with Gasteiger partial charge in [-0.3, -0.25) is 9.58 Å². The number of nitrogens with zero attached hydrogens (tertiary/aromatic N) is 4. The number of rotatable bonds is 4. The van der Waals surface area contributed by atoms with Crippen LogP contribution in [-0.2, 0) is 13.1 Å². The molecule has 1 fully saturated rings. The summed E-state index contributed by atoms with van der Waals surface area (Å²) in [6, 6.07) is 4.51. The lowest BCUT2D eigenvalue weighted by Gasteiger charge is -2.34. The number of hydrogen-bond acceptors (Lipinski definition) is 4. The summed E-state index contributed by atoms with van der Waals surface area (Å²) in [6.07, 6.45) is 4.10. The van der Waals surface area contributed by atoms with Crippen molar-refractivity contribution in [3.63, 3.8) is 0 Å². The van der Waals surface area contributed by atoms with Gasteiger partial charge in [-0.25, -0.2) is 4.79 Å². The topological polar surface area (TPSA) is 53.4 Å². The summed E-state index contributed by atoms with van der Waals surface area (Å²) in [5.74, 6) is 0. The molecule has 0 bridgehead atoms. The van der Waals surface area contributed by atoms with Gasteiger partial charge in [0.1, 0.15) is 0 Å². The van der Waals surface area contributed by atoms with Crippen LogP contribution in [0.1, 0.15) is 30.1 Å². The molecule has 4 heterocycles. The highest BCUT2D eigenvalue weighted by Gasteiger charge is 2.27. The molecule has 6 nitrogen and oxygen atoms in total. The lowest BCUT2D eigenvalue weighted by atomic mass is 10.1. The first-order valence-corrected chi connectivity index (χ1v) is 9.52. The van der Waals surface area contributed by atoms with Gasteiger partial charge in [0, 0.05) is 45.5 Å². The maximum atomic E-state index is 12.2. The molecule has 1 N–H and O–H groups in total. The van der Waals surface area contributed by atoms with E-state index in [1.165, 1.54) is 11.3 Å². The standard InChI is InChI=1S/C17H23N5OS/c23-17(21-6-1-2-7-21)18-9-16-12-20(10-14-4-8-24-13-14)11-15-3-5-19-22(15)16/h3-5,8,13,16H,1-2,6-7,9-12H2,(H,18,23)/t16-/m1/s1. The van der Waals surface area contributed by atoms with Gasteiger partial charge in [-0.2, -0.15) is 16.4 Å². The molecule has 0 aromatic carbocycles. The van der Waals surface area contributed by atoms with E-state index in [0.717, 1.165) is 45.6 Å².